The number of benzene rings is 1. The van der Waals surface area contributed by atoms with Crippen LogP contribution in [0.2, 0.25) is 0 Å². The molecule has 1 unspecified atom stereocenters. The van der Waals surface area contributed by atoms with Gasteiger partial charge in [-0.3, -0.25) is 4.40 Å². The van der Waals surface area contributed by atoms with E-state index in [0.717, 1.165) is 5.82 Å². The van der Waals surface area contributed by atoms with Crippen molar-refractivity contribution in [3.05, 3.63) is 65.6 Å². The van der Waals surface area contributed by atoms with Gasteiger partial charge in [-0.2, -0.15) is 5.26 Å². The molecular weight excluding hydrogens is 236 g/mol. The Hall–Kier alpha value is -2.67. The second kappa shape index (κ2) is 4.54. The summed E-state index contributed by atoms with van der Waals surface area (Å²) < 4.78 is 1.93. The highest BCUT2D eigenvalue weighted by molar-refractivity contribution is 5.46. The number of nitrogens with zero attached hydrogens (tertiary/aromatic N) is 4. The van der Waals surface area contributed by atoms with Crippen molar-refractivity contribution in [2.24, 2.45) is 0 Å². The number of nitriles is 1. The van der Waals surface area contributed by atoms with E-state index in [1.54, 1.807) is 12.1 Å². The molecule has 0 bridgehead atoms. The summed E-state index contributed by atoms with van der Waals surface area (Å²) in [5.74, 6) is 1.04. The van der Waals surface area contributed by atoms with Gasteiger partial charge in [0.1, 0.15) is 5.82 Å². The molecule has 2 heterocycles. The average Bonchev–Trinajstić information content (AvgIpc) is 2.90. The smallest absolute Gasteiger partial charge is 0.162 e. The van der Waals surface area contributed by atoms with Crippen LogP contribution in [-0.4, -0.2) is 14.6 Å². The molecule has 1 aromatic carbocycles. The van der Waals surface area contributed by atoms with E-state index < -0.39 is 0 Å². The highest BCUT2D eigenvalue weighted by Crippen LogP contribution is 2.22. The summed E-state index contributed by atoms with van der Waals surface area (Å²) in [6, 6.07) is 15.8. The van der Waals surface area contributed by atoms with E-state index >= 15 is 0 Å². The van der Waals surface area contributed by atoms with Crippen LogP contribution >= 0.6 is 0 Å². The summed E-state index contributed by atoms with van der Waals surface area (Å²) in [6.07, 6.45) is 1.85. The van der Waals surface area contributed by atoms with Crippen LogP contribution in [0.3, 0.4) is 0 Å². The molecule has 4 nitrogen and oxygen atoms in total. The molecule has 92 valence electrons. The minimum atomic E-state index is 0.157. The second-order valence-corrected chi connectivity index (χ2v) is 4.45. The Morgan fingerprint density at radius 1 is 1.16 bits per heavy atom. The largest absolute Gasteiger partial charge is 0.286 e. The summed E-state index contributed by atoms with van der Waals surface area (Å²) in [4.78, 5) is 0. The molecule has 0 amide bonds. The Morgan fingerprint density at radius 3 is 2.68 bits per heavy atom. The maximum Gasteiger partial charge on any atom is 0.162 e. The van der Waals surface area contributed by atoms with Crippen molar-refractivity contribution in [3.63, 3.8) is 0 Å². The predicted molar refractivity (Wildman–Crippen MR) is 71.7 cm³/mol. The lowest BCUT2D eigenvalue weighted by atomic mass is 10.0. The molecular formula is C15H12N4. The lowest BCUT2D eigenvalue weighted by Gasteiger charge is -2.09. The highest BCUT2D eigenvalue weighted by atomic mass is 15.2. The van der Waals surface area contributed by atoms with Gasteiger partial charge in [0.2, 0.25) is 0 Å². The number of rotatable bonds is 2. The predicted octanol–water partition coefficient (Wildman–Crippen LogP) is 2.75. The molecule has 0 fully saturated rings. The summed E-state index contributed by atoms with van der Waals surface area (Å²) in [7, 11) is 0. The molecule has 3 rings (SSSR count). The van der Waals surface area contributed by atoms with Crippen molar-refractivity contribution < 1.29 is 0 Å². The number of pyridine rings is 1. The Labute approximate surface area is 111 Å². The number of aromatic nitrogens is 3. The van der Waals surface area contributed by atoms with E-state index in [1.165, 1.54) is 5.56 Å². The minimum absolute atomic E-state index is 0.157. The molecule has 0 spiro atoms. The molecule has 2 aromatic heterocycles. The van der Waals surface area contributed by atoms with Crippen molar-refractivity contribution in [1.29, 1.82) is 5.26 Å². The van der Waals surface area contributed by atoms with Gasteiger partial charge in [0.05, 0.1) is 11.6 Å². The topological polar surface area (TPSA) is 54.0 Å². The molecule has 1 atom stereocenters. The molecule has 0 aliphatic heterocycles. The molecule has 0 N–H and O–H groups in total. The van der Waals surface area contributed by atoms with Gasteiger partial charge in [-0.15, -0.1) is 10.2 Å². The van der Waals surface area contributed by atoms with Gasteiger partial charge >= 0.3 is 0 Å². The lowest BCUT2D eigenvalue weighted by Crippen LogP contribution is -2.02. The van der Waals surface area contributed by atoms with Crippen LogP contribution in [0.25, 0.3) is 5.65 Å². The van der Waals surface area contributed by atoms with Crippen molar-refractivity contribution in [1.82, 2.24) is 14.6 Å². The van der Waals surface area contributed by atoms with E-state index in [9.17, 15) is 0 Å². The molecule has 4 heteroatoms. The normalized spacial score (nSPS) is 12.2. The van der Waals surface area contributed by atoms with E-state index in [0.29, 0.717) is 11.2 Å². The van der Waals surface area contributed by atoms with Crippen LogP contribution in [0.1, 0.15) is 29.8 Å². The van der Waals surface area contributed by atoms with E-state index in [2.05, 4.69) is 35.3 Å². The summed E-state index contributed by atoms with van der Waals surface area (Å²) in [5, 5.41) is 17.3. The molecule has 0 saturated carbocycles. The second-order valence-electron chi connectivity index (χ2n) is 4.45. The number of hydrogen-bond acceptors (Lipinski definition) is 3. The zero-order valence-corrected chi connectivity index (χ0v) is 10.5. The fourth-order valence-corrected chi connectivity index (χ4v) is 2.16. The van der Waals surface area contributed by atoms with Crippen molar-refractivity contribution in [3.8, 4) is 6.07 Å². The third-order valence-electron chi connectivity index (χ3n) is 3.25. The fraction of sp³-hybridized carbons (Fsp3) is 0.133. The van der Waals surface area contributed by atoms with Crippen LogP contribution < -0.4 is 0 Å². The Kier molecular flexibility index (Phi) is 2.73. The number of hydrogen-bond donors (Lipinski definition) is 0. The molecule has 0 aliphatic rings. The maximum absolute atomic E-state index is 8.88. The number of fused-ring (bicyclic) bond motifs is 1. The Balaban J connectivity index is 2.09. The summed E-state index contributed by atoms with van der Waals surface area (Å²) in [6.45, 7) is 2.10. The third kappa shape index (κ3) is 1.95. The van der Waals surface area contributed by atoms with Gasteiger partial charge in [0.15, 0.2) is 5.65 Å². The summed E-state index contributed by atoms with van der Waals surface area (Å²) >= 11 is 0. The maximum atomic E-state index is 8.88. The van der Waals surface area contributed by atoms with E-state index in [1.807, 2.05) is 28.8 Å². The Morgan fingerprint density at radius 2 is 1.95 bits per heavy atom. The Bertz CT molecular complexity index is 753. The van der Waals surface area contributed by atoms with Crippen molar-refractivity contribution in [2.75, 3.05) is 0 Å². The van der Waals surface area contributed by atoms with E-state index in [-0.39, 0.29) is 5.92 Å². The minimum Gasteiger partial charge on any atom is -0.286 e. The first-order valence-electron chi connectivity index (χ1n) is 6.09. The third-order valence-corrected chi connectivity index (χ3v) is 3.25. The zero-order valence-electron chi connectivity index (χ0n) is 10.5. The van der Waals surface area contributed by atoms with Gasteiger partial charge in [-0.25, -0.2) is 0 Å². The first kappa shape index (κ1) is 11.4. The first-order valence-corrected chi connectivity index (χ1v) is 6.09. The zero-order chi connectivity index (χ0) is 13.2. The van der Waals surface area contributed by atoms with Gasteiger partial charge < -0.3 is 0 Å². The van der Waals surface area contributed by atoms with Crippen LogP contribution in [0.4, 0.5) is 0 Å². The first-order chi connectivity index (χ1) is 9.29. The standard InChI is InChI=1S/C15H12N4/c1-11(13-5-3-2-4-6-13)15-18-17-14-9-12(10-16)7-8-19(14)15/h2-9,11H,1H3. The van der Waals surface area contributed by atoms with Crippen LogP contribution in [0, 0.1) is 11.3 Å². The van der Waals surface area contributed by atoms with Gasteiger partial charge in [0.25, 0.3) is 0 Å². The van der Waals surface area contributed by atoms with Gasteiger partial charge in [-0.05, 0) is 11.6 Å². The van der Waals surface area contributed by atoms with Crippen LogP contribution in [0.5, 0.6) is 0 Å². The lowest BCUT2D eigenvalue weighted by molar-refractivity contribution is 0.797. The SMILES string of the molecule is CC(c1ccccc1)c1nnc2cc(C#N)ccn12. The quantitative estimate of drug-likeness (QED) is 0.700. The molecule has 3 aromatic rings. The fourth-order valence-electron chi connectivity index (χ4n) is 2.16. The van der Waals surface area contributed by atoms with Crippen molar-refractivity contribution >= 4 is 5.65 Å². The van der Waals surface area contributed by atoms with Gasteiger partial charge in [0, 0.05) is 18.2 Å². The monoisotopic (exact) mass is 248 g/mol. The average molecular weight is 248 g/mol. The van der Waals surface area contributed by atoms with Crippen molar-refractivity contribution in [2.45, 2.75) is 12.8 Å². The molecule has 19 heavy (non-hydrogen) atoms. The van der Waals surface area contributed by atoms with Crippen LogP contribution in [0.15, 0.2) is 48.7 Å². The molecule has 0 saturated heterocycles. The molecule has 0 aliphatic carbocycles. The highest BCUT2D eigenvalue weighted by Gasteiger charge is 2.15. The van der Waals surface area contributed by atoms with Gasteiger partial charge in [-0.1, -0.05) is 37.3 Å². The van der Waals surface area contributed by atoms with Crippen LogP contribution in [-0.2, 0) is 0 Å². The van der Waals surface area contributed by atoms with E-state index in [4.69, 9.17) is 5.26 Å². The summed E-state index contributed by atoms with van der Waals surface area (Å²) in [5.41, 5.74) is 2.50. The molecule has 0 radical (unpaired) electrons.